The lowest BCUT2D eigenvalue weighted by molar-refractivity contribution is -0.114. The number of rotatable bonds is 5. The number of carbonyl (C=O) groups is 2. The highest BCUT2D eigenvalue weighted by Gasteiger charge is 2.11. The quantitative estimate of drug-likeness (QED) is 0.460. The molecular weight excluding hydrogens is 389 g/mol. The summed E-state index contributed by atoms with van der Waals surface area (Å²) in [6, 6.07) is 18.3. The van der Waals surface area contributed by atoms with Crippen molar-refractivity contribution in [1.29, 1.82) is 5.26 Å². The van der Waals surface area contributed by atoms with Gasteiger partial charge in [0.05, 0.1) is 0 Å². The Kier molecular flexibility index (Phi) is 6.17. The van der Waals surface area contributed by atoms with Crippen LogP contribution < -0.4 is 10.6 Å². The Labute approximate surface area is 171 Å². The maximum atomic E-state index is 13.1. The minimum Gasteiger partial charge on any atom is -0.326 e. The van der Waals surface area contributed by atoms with E-state index < -0.39 is 5.91 Å². The molecule has 0 unspecified atom stereocenters. The number of hydrogen-bond donors (Lipinski definition) is 2. The molecule has 1 aromatic heterocycles. The Morgan fingerprint density at radius 1 is 0.966 bits per heavy atom. The molecule has 1 heterocycles. The third kappa shape index (κ3) is 5.37. The van der Waals surface area contributed by atoms with E-state index in [-0.39, 0.29) is 17.3 Å². The fraction of sp³-hybridized carbons (Fsp3) is 0.0455. The molecule has 0 aliphatic carbocycles. The second-order valence-electron chi connectivity index (χ2n) is 6.09. The van der Waals surface area contributed by atoms with Gasteiger partial charge in [-0.3, -0.25) is 9.59 Å². The van der Waals surface area contributed by atoms with E-state index in [0.29, 0.717) is 11.4 Å². The average Bonchev–Trinajstić information content (AvgIpc) is 3.16. The zero-order valence-electron chi connectivity index (χ0n) is 15.4. The van der Waals surface area contributed by atoms with E-state index in [1.165, 1.54) is 36.5 Å². The molecular formula is C22H16FN3O2S. The Balaban J connectivity index is 1.72. The van der Waals surface area contributed by atoms with Gasteiger partial charge in [0, 0.05) is 28.1 Å². The molecule has 0 saturated heterocycles. The van der Waals surface area contributed by atoms with Crippen LogP contribution in [0.4, 0.5) is 15.8 Å². The molecule has 0 bridgehead atoms. The lowest BCUT2D eigenvalue weighted by Crippen LogP contribution is -2.13. The summed E-state index contributed by atoms with van der Waals surface area (Å²) in [6.07, 6.45) is 1.51. The molecule has 0 aliphatic rings. The van der Waals surface area contributed by atoms with Gasteiger partial charge in [-0.15, -0.1) is 11.3 Å². The molecule has 3 rings (SSSR count). The van der Waals surface area contributed by atoms with Crippen molar-refractivity contribution in [2.75, 3.05) is 10.6 Å². The normalized spacial score (nSPS) is 10.9. The van der Waals surface area contributed by atoms with Gasteiger partial charge < -0.3 is 10.6 Å². The SMILES string of the molecule is CC(=O)Nc1ccc(NC(=O)/C(C#N)=C/c2ccc(-c3ccc(F)cc3)s2)cc1. The highest BCUT2D eigenvalue weighted by Crippen LogP contribution is 2.29. The molecule has 7 heteroatoms. The monoisotopic (exact) mass is 405 g/mol. The number of anilines is 2. The van der Waals surface area contributed by atoms with Crippen LogP contribution in [0, 0.1) is 17.1 Å². The molecule has 3 aromatic rings. The average molecular weight is 405 g/mol. The van der Waals surface area contributed by atoms with Crippen molar-refractivity contribution in [2.24, 2.45) is 0 Å². The van der Waals surface area contributed by atoms with E-state index in [0.717, 1.165) is 15.3 Å². The van der Waals surface area contributed by atoms with Crippen molar-refractivity contribution in [3.63, 3.8) is 0 Å². The van der Waals surface area contributed by atoms with Gasteiger partial charge in [0.1, 0.15) is 17.5 Å². The summed E-state index contributed by atoms with van der Waals surface area (Å²) in [5, 5.41) is 14.7. The number of nitriles is 1. The number of nitrogens with zero attached hydrogens (tertiary/aromatic N) is 1. The van der Waals surface area contributed by atoms with Crippen LogP contribution in [0.25, 0.3) is 16.5 Å². The van der Waals surface area contributed by atoms with Crippen molar-refractivity contribution < 1.29 is 14.0 Å². The summed E-state index contributed by atoms with van der Waals surface area (Å²) in [4.78, 5) is 25.1. The maximum Gasteiger partial charge on any atom is 0.266 e. The number of thiophene rings is 1. The van der Waals surface area contributed by atoms with Crippen molar-refractivity contribution in [1.82, 2.24) is 0 Å². The molecule has 0 saturated carbocycles. The van der Waals surface area contributed by atoms with Crippen LogP contribution in [0.15, 0.2) is 66.2 Å². The summed E-state index contributed by atoms with van der Waals surface area (Å²) in [7, 11) is 0. The Hall–Kier alpha value is -3.76. The molecule has 2 amide bonds. The molecule has 2 aromatic carbocycles. The van der Waals surface area contributed by atoms with Gasteiger partial charge in [0.15, 0.2) is 0 Å². The van der Waals surface area contributed by atoms with Crippen molar-refractivity contribution >= 4 is 40.6 Å². The van der Waals surface area contributed by atoms with Gasteiger partial charge in [-0.25, -0.2) is 4.39 Å². The summed E-state index contributed by atoms with van der Waals surface area (Å²) in [5.74, 6) is -1.03. The molecule has 0 spiro atoms. The molecule has 5 nitrogen and oxygen atoms in total. The molecule has 0 radical (unpaired) electrons. The molecule has 2 N–H and O–H groups in total. The van der Waals surface area contributed by atoms with Crippen LogP contribution in [0.5, 0.6) is 0 Å². The summed E-state index contributed by atoms with van der Waals surface area (Å²) < 4.78 is 13.1. The third-order valence-corrected chi connectivity index (χ3v) is 4.95. The molecule has 0 atom stereocenters. The highest BCUT2D eigenvalue weighted by molar-refractivity contribution is 7.16. The van der Waals surface area contributed by atoms with E-state index in [2.05, 4.69) is 10.6 Å². The maximum absolute atomic E-state index is 13.1. The van der Waals surface area contributed by atoms with Crippen LogP contribution in [-0.2, 0) is 9.59 Å². The molecule has 0 fully saturated rings. The summed E-state index contributed by atoms with van der Waals surface area (Å²) >= 11 is 1.40. The van der Waals surface area contributed by atoms with E-state index in [1.54, 1.807) is 42.5 Å². The van der Waals surface area contributed by atoms with Gasteiger partial charge >= 0.3 is 0 Å². The standard InChI is InChI=1S/C22H16FN3O2S/c1-14(27)25-18-6-8-19(9-7-18)26-22(28)16(13-24)12-20-10-11-21(29-20)15-2-4-17(23)5-3-15/h2-12H,1H3,(H,25,27)(H,26,28)/b16-12+. The van der Waals surface area contributed by atoms with Crippen LogP contribution in [0.1, 0.15) is 11.8 Å². The first kappa shape index (κ1) is 20.0. The van der Waals surface area contributed by atoms with E-state index >= 15 is 0 Å². The van der Waals surface area contributed by atoms with Crippen LogP contribution >= 0.6 is 11.3 Å². The number of carbonyl (C=O) groups excluding carboxylic acids is 2. The van der Waals surface area contributed by atoms with Gasteiger partial charge in [-0.1, -0.05) is 12.1 Å². The van der Waals surface area contributed by atoms with Gasteiger partial charge in [0.2, 0.25) is 5.91 Å². The second kappa shape index (κ2) is 8.95. The molecule has 29 heavy (non-hydrogen) atoms. The van der Waals surface area contributed by atoms with Crippen molar-refractivity contribution in [2.45, 2.75) is 6.92 Å². The number of benzene rings is 2. The first-order valence-corrected chi connectivity index (χ1v) is 9.43. The molecule has 144 valence electrons. The van der Waals surface area contributed by atoms with Crippen molar-refractivity contribution in [3.05, 3.63) is 76.9 Å². The summed E-state index contributed by atoms with van der Waals surface area (Å²) in [6.45, 7) is 1.41. The smallest absolute Gasteiger partial charge is 0.266 e. The topological polar surface area (TPSA) is 82.0 Å². The number of nitrogens with one attached hydrogen (secondary N) is 2. The first-order chi connectivity index (χ1) is 13.9. The minimum atomic E-state index is -0.531. The molecule has 0 aliphatic heterocycles. The largest absolute Gasteiger partial charge is 0.326 e. The lowest BCUT2D eigenvalue weighted by Gasteiger charge is -2.06. The van der Waals surface area contributed by atoms with Gasteiger partial charge in [-0.2, -0.15) is 5.26 Å². The zero-order valence-corrected chi connectivity index (χ0v) is 16.2. The fourth-order valence-electron chi connectivity index (χ4n) is 2.53. The predicted molar refractivity (Wildman–Crippen MR) is 113 cm³/mol. The Morgan fingerprint density at radius 3 is 2.17 bits per heavy atom. The van der Waals surface area contributed by atoms with Gasteiger partial charge in [-0.05, 0) is 60.2 Å². The predicted octanol–water partition coefficient (Wildman–Crippen LogP) is 5.06. The second-order valence-corrected chi connectivity index (χ2v) is 7.21. The first-order valence-electron chi connectivity index (χ1n) is 8.61. The van der Waals surface area contributed by atoms with Crippen LogP contribution in [0.3, 0.4) is 0 Å². The Bertz CT molecular complexity index is 1110. The zero-order chi connectivity index (χ0) is 20.8. The van der Waals surface area contributed by atoms with Crippen LogP contribution in [0.2, 0.25) is 0 Å². The number of halogens is 1. The van der Waals surface area contributed by atoms with E-state index in [9.17, 15) is 19.2 Å². The van der Waals surface area contributed by atoms with Gasteiger partial charge in [0.25, 0.3) is 5.91 Å². The van der Waals surface area contributed by atoms with Crippen LogP contribution in [-0.4, -0.2) is 11.8 Å². The lowest BCUT2D eigenvalue weighted by atomic mass is 10.2. The number of amides is 2. The van der Waals surface area contributed by atoms with E-state index in [4.69, 9.17) is 0 Å². The van der Waals surface area contributed by atoms with E-state index in [1.807, 2.05) is 12.1 Å². The Morgan fingerprint density at radius 2 is 1.59 bits per heavy atom. The summed E-state index contributed by atoms with van der Waals surface area (Å²) in [5.41, 5.74) is 1.93. The fourth-order valence-corrected chi connectivity index (χ4v) is 3.49. The van der Waals surface area contributed by atoms with Crippen molar-refractivity contribution in [3.8, 4) is 16.5 Å². The highest BCUT2D eigenvalue weighted by atomic mass is 32.1. The third-order valence-electron chi connectivity index (χ3n) is 3.87. The number of hydrogen-bond acceptors (Lipinski definition) is 4. The minimum absolute atomic E-state index is 0.0385.